The number of carbonyl (C=O) groups excluding carboxylic acids is 1. The first kappa shape index (κ1) is 16.3. The third kappa shape index (κ3) is 4.39. The van der Waals surface area contributed by atoms with Crippen LogP contribution >= 0.6 is 0 Å². The Labute approximate surface area is 113 Å². The highest BCUT2D eigenvalue weighted by Crippen LogP contribution is 2.33. The van der Waals surface area contributed by atoms with Crippen LogP contribution in [-0.4, -0.2) is 28.8 Å². The van der Waals surface area contributed by atoms with E-state index in [0.29, 0.717) is 6.07 Å². The van der Waals surface area contributed by atoms with E-state index in [1.165, 1.54) is 6.92 Å². The molecule has 2 unspecified atom stereocenters. The average molecular weight is 292 g/mol. The van der Waals surface area contributed by atoms with Crippen LogP contribution in [0.2, 0.25) is 0 Å². The number of nitrogens with two attached hydrogens (primary N) is 1. The topological polar surface area (TPSA) is 95.6 Å². The summed E-state index contributed by atoms with van der Waals surface area (Å²) in [7, 11) is 0. The van der Waals surface area contributed by atoms with E-state index in [4.69, 9.17) is 5.73 Å². The highest BCUT2D eigenvalue weighted by molar-refractivity contribution is 5.72. The number of anilines is 1. The number of halogens is 3. The van der Waals surface area contributed by atoms with Gasteiger partial charge in [-0.1, -0.05) is 0 Å². The van der Waals surface area contributed by atoms with Gasteiger partial charge in [-0.25, -0.2) is 0 Å². The first-order chi connectivity index (χ1) is 9.11. The predicted molar refractivity (Wildman–Crippen MR) is 65.5 cm³/mol. The van der Waals surface area contributed by atoms with Crippen LogP contribution in [0.1, 0.15) is 24.2 Å². The smallest absolute Gasteiger partial charge is 0.399 e. The Hall–Kier alpha value is -1.80. The second-order valence-electron chi connectivity index (χ2n) is 4.34. The maximum Gasteiger partial charge on any atom is 0.416 e. The third-order valence-corrected chi connectivity index (χ3v) is 2.57. The maximum absolute atomic E-state index is 12.6. The number of hydrogen-bond acceptors (Lipinski definition) is 4. The molecule has 112 valence electrons. The van der Waals surface area contributed by atoms with Gasteiger partial charge in [0.1, 0.15) is 12.2 Å². The van der Waals surface area contributed by atoms with Gasteiger partial charge in [0.05, 0.1) is 5.56 Å². The highest BCUT2D eigenvalue weighted by atomic mass is 19.4. The van der Waals surface area contributed by atoms with E-state index < -0.39 is 29.9 Å². The van der Waals surface area contributed by atoms with Gasteiger partial charge >= 0.3 is 6.18 Å². The van der Waals surface area contributed by atoms with Crippen molar-refractivity contribution in [3.05, 3.63) is 29.3 Å². The molecular weight excluding hydrogens is 277 g/mol. The molecule has 1 amide bonds. The molecule has 5 nitrogen and oxygen atoms in total. The minimum atomic E-state index is -4.60. The minimum Gasteiger partial charge on any atom is -0.399 e. The van der Waals surface area contributed by atoms with E-state index in [-0.39, 0.29) is 17.8 Å². The number of rotatable bonds is 4. The first-order valence-corrected chi connectivity index (χ1v) is 5.69. The quantitative estimate of drug-likeness (QED) is 0.618. The standard InChI is InChI=1S/C12H15F3N2O3/c1-6(18)17-5-10(19)11(20)7-2-8(12(13,14)15)4-9(16)3-7/h2-4,10-11,19-20H,5,16H2,1H3,(H,17,18). The molecule has 0 radical (unpaired) electrons. The Morgan fingerprint density at radius 2 is 1.95 bits per heavy atom. The zero-order valence-corrected chi connectivity index (χ0v) is 10.6. The van der Waals surface area contributed by atoms with Crippen LogP contribution in [0.15, 0.2) is 18.2 Å². The monoisotopic (exact) mass is 292 g/mol. The molecule has 1 aromatic rings. The number of aliphatic hydroxyl groups is 2. The van der Waals surface area contributed by atoms with Crippen molar-refractivity contribution >= 4 is 11.6 Å². The average Bonchev–Trinajstić information content (AvgIpc) is 2.33. The van der Waals surface area contributed by atoms with E-state index in [0.717, 1.165) is 12.1 Å². The van der Waals surface area contributed by atoms with Crippen LogP contribution in [0.25, 0.3) is 0 Å². The summed E-state index contributed by atoms with van der Waals surface area (Å²) in [4.78, 5) is 10.7. The maximum atomic E-state index is 12.6. The van der Waals surface area contributed by atoms with Crippen molar-refractivity contribution in [1.82, 2.24) is 5.32 Å². The van der Waals surface area contributed by atoms with Crippen molar-refractivity contribution in [2.24, 2.45) is 0 Å². The van der Waals surface area contributed by atoms with E-state index >= 15 is 0 Å². The third-order valence-electron chi connectivity index (χ3n) is 2.57. The number of amides is 1. The zero-order chi connectivity index (χ0) is 15.5. The number of benzene rings is 1. The summed E-state index contributed by atoms with van der Waals surface area (Å²) < 4.78 is 37.8. The van der Waals surface area contributed by atoms with Crippen LogP contribution in [0.4, 0.5) is 18.9 Å². The fraction of sp³-hybridized carbons (Fsp3) is 0.417. The molecule has 5 N–H and O–H groups in total. The lowest BCUT2D eigenvalue weighted by molar-refractivity contribution is -0.137. The molecule has 0 fully saturated rings. The van der Waals surface area contributed by atoms with E-state index in [9.17, 15) is 28.2 Å². The van der Waals surface area contributed by atoms with Gasteiger partial charge in [0, 0.05) is 19.2 Å². The van der Waals surface area contributed by atoms with Crippen LogP contribution < -0.4 is 11.1 Å². The number of alkyl halides is 3. The lowest BCUT2D eigenvalue weighted by Gasteiger charge is -2.20. The van der Waals surface area contributed by atoms with Crippen LogP contribution in [0, 0.1) is 0 Å². The van der Waals surface area contributed by atoms with E-state index in [1.807, 2.05) is 0 Å². The van der Waals surface area contributed by atoms with Gasteiger partial charge in [-0.05, 0) is 23.8 Å². The number of hydrogen-bond donors (Lipinski definition) is 4. The van der Waals surface area contributed by atoms with Crippen molar-refractivity contribution in [2.45, 2.75) is 25.3 Å². The van der Waals surface area contributed by atoms with Crippen molar-refractivity contribution in [1.29, 1.82) is 0 Å². The van der Waals surface area contributed by atoms with Crippen molar-refractivity contribution in [3.63, 3.8) is 0 Å². The molecule has 0 aromatic heterocycles. The van der Waals surface area contributed by atoms with Gasteiger partial charge in [-0.3, -0.25) is 4.79 Å². The summed E-state index contributed by atoms with van der Waals surface area (Å²) >= 11 is 0. The second-order valence-corrected chi connectivity index (χ2v) is 4.34. The van der Waals surface area contributed by atoms with E-state index in [2.05, 4.69) is 5.32 Å². The Balaban J connectivity index is 2.95. The Kier molecular flexibility index (Phi) is 4.96. The first-order valence-electron chi connectivity index (χ1n) is 5.69. The van der Waals surface area contributed by atoms with Gasteiger partial charge in [-0.15, -0.1) is 0 Å². The molecule has 20 heavy (non-hydrogen) atoms. The van der Waals surface area contributed by atoms with Crippen molar-refractivity contribution in [3.8, 4) is 0 Å². The Morgan fingerprint density at radius 1 is 1.35 bits per heavy atom. The summed E-state index contributed by atoms with van der Waals surface area (Å²) in [6.45, 7) is 0.925. The van der Waals surface area contributed by atoms with Gasteiger partial charge in [0.25, 0.3) is 0 Å². The molecule has 0 bridgehead atoms. The summed E-state index contributed by atoms with van der Waals surface area (Å²) in [5.74, 6) is -0.431. The Bertz CT molecular complexity index is 491. The van der Waals surface area contributed by atoms with Crippen molar-refractivity contribution < 1.29 is 28.2 Å². The molecule has 0 saturated carbocycles. The fourth-order valence-corrected chi connectivity index (χ4v) is 1.59. The molecule has 0 aliphatic heterocycles. The molecule has 0 spiro atoms. The molecule has 0 aliphatic carbocycles. The summed E-state index contributed by atoms with van der Waals surface area (Å²) in [5, 5.41) is 21.7. The Morgan fingerprint density at radius 3 is 2.45 bits per heavy atom. The van der Waals surface area contributed by atoms with Crippen molar-refractivity contribution in [2.75, 3.05) is 12.3 Å². The van der Waals surface area contributed by atoms with Gasteiger partial charge in [0.15, 0.2) is 0 Å². The van der Waals surface area contributed by atoms with Crippen LogP contribution in [0.3, 0.4) is 0 Å². The van der Waals surface area contributed by atoms with Crippen LogP contribution in [0.5, 0.6) is 0 Å². The number of nitrogens with one attached hydrogen (secondary N) is 1. The molecule has 0 heterocycles. The number of aliphatic hydroxyl groups excluding tert-OH is 2. The normalized spacial score (nSPS) is 14.7. The molecular formula is C12H15F3N2O3. The molecule has 1 rings (SSSR count). The van der Waals surface area contributed by atoms with Gasteiger partial charge in [0.2, 0.25) is 5.91 Å². The molecule has 0 saturated heterocycles. The summed E-state index contributed by atoms with van der Waals surface area (Å²) in [6.07, 6.45) is -7.64. The van der Waals surface area contributed by atoms with Gasteiger partial charge < -0.3 is 21.3 Å². The lowest BCUT2D eigenvalue weighted by atomic mass is 10.0. The molecule has 1 aromatic carbocycles. The fourth-order valence-electron chi connectivity index (χ4n) is 1.59. The minimum absolute atomic E-state index is 0.171. The molecule has 0 aliphatic rings. The second kappa shape index (κ2) is 6.10. The lowest BCUT2D eigenvalue weighted by Crippen LogP contribution is -2.34. The summed E-state index contributed by atoms with van der Waals surface area (Å²) in [5.41, 5.74) is 3.99. The zero-order valence-electron chi connectivity index (χ0n) is 10.6. The number of carbonyl (C=O) groups is 1. The predicted octanol–water partition coefficient (Wildman–Crippen LogP) is 0.818. The van der Waals surface area contributed by atoms with Gasteiger partial charge in [-0.2, -0.15) is 13.2 Å². The van der Waals surface area contributed by atoms with Crippen LogP contribution in [-0.2, 0) is 11.0 Å². The molecule has 2 atom stereocenters. The van der Waals surface area contributed by atoms with E-state index in [1.54, 1.807) is 0 Å². The SMILES string of the molecule is CC(=O)NCC(O)C(O)c1cc(N)cc(C(F)(F)F)c1. The highest BCUT2D eigenvalue weighted by Gasteiger charge is 2.32. The number of nitrogen functional groups attached to an aromatic ring is 1. The molecule has 8 heteroatoms. The largest absolute Gasteiger partial charge is 0.416 e. The summed E-state index contributed by atoms with van der Waals surface area (Å²) in [6, 6.07) is 2.57.